The predicted molar refractivity (Wildman–Crippen MR) is 245 cm³/mol. The zero-order valence-electron chi connectivity index (χ0n) is 36.9. The van der Waals surface area contributed by atoms with E-state index in [2.05, 4.69) is 81.8 Å². The van der Waals surface area contributed by atoms with Crippen LogP contribution in [-0.4, -0.2) is 151 Å². The highest BCUT2D eigenvalue weighted by Gasteiger charge is 2.39. The lowest BCUT2D eigenvalue weighted by Gasteiger charge is -2.47. The Hall–Kier alpha value is -4.77. The minimum Gasteiger partial charge on any atom is -0.396 e. The number of aromatic nitrogens is 5. The molecular formula is C45H69FN14O. The molecule has 0 saturated carbocycles. The third-order valence-corrected chi connectivity index (χ3v) is 13.4. The van der Waals surface area contributed by atoms with Gasteiger partial charge in [-0.3, -0.25) is 15.0 Å². The molecule has 332 valence electrons. The number of rotatable bonds is 6. The smallest absolute Gasteiger partial charge is 0.166 e. The van der Waals surface area contributed by atoms with Crippen molar-refractivity contribution >= 4 is 34.1 Å². The van der Waals surface area contributed by atoms with Gasteiger partial charge in [0, 0.05) is 116 Å². The number of nitrogens with two attached hydrogens (primary N) is 3. The van der Waals surface area contributed by atoms with Gasteiger partial charge < -0.3 is 55.9 Å². The van der Waals surface area contributed by atoms with Crippen LogP contribution in [0.5, 0.6) is 0 Å². The Labute approximate surface area is 362 Å². The van der Waals surface area contributed by atoms with Crippen LogP contribution in [0.1, 0.15) is 55.7 Å². The molecule has 0 aliphatic carbocycles. The number of imidazole rings is 1. The fourth-order valence-corrected chi connectivity index (χ4v) is 9.88. The number of morpholine rings is 1. The van der Waals surface area contributed by atoms with E-state index in [4.69, 9.17) is 21.9 Å². The van der Waals surface area contributed by atoms with Crippen LogP contribution in [0.2, 0.25) is 0 Å². The molecule has 4 aromatic heterocycles. The summed E-state index contributed by atoms with van der Waals surface area (Å²) < 4.78 is 22.3. The van der Waals surface area contributed by atoms with E-state index in [1.165, 1.54) is 32.0 Å². The van der Waals surface area contributed by atoms with Crippen molar-refractivity contribution in [2.45, 2.75) is 64.0 Å². The fraction of sp³-hybridized carbons (Fsp3) is 0.600. The first-order valence-electron chi connectivity index (χ1n) is 22.2. The van der Waals surface area contributed by atoms with Gasteiger partial charge in [-0.15, -0.1) is 0 Å². The van der Waals surface area contributed by atoms with Crippen LogP contribution in [0, 0.1) is 25.6 Å². The van der Waals surface area contributed by atoms with Crippen molar-refractivity contribution < 1.29 is 9.13 Å². The summed E-state index contributed by atoms with van der Waals surface area (Å²) in [6.45, 7) is 18.8. The Morgan fingerprint density at radius 3 is 1.72 bits per heavy atom. The van der Waals surface area contributed by atoms with Crippen LogP contribution in [0.3, 0.4) is 0 Å². The molecule has 5 aliphatic heterocycles. The zero-order valence-corrected chi connectivity index (χ0v) is 36.9. The molecule has 6 N–H and O–H groups in total. The predicted octanol–water partition coefficient (Wildman–Crippen LogP) is 4.55. The molecule has 15 nitrogen and oxygen atoms in total. The van der Waals surface area contributed by atoms with E-state index >= 15 is 0 Å². The molecule has 9 heterocycles. The summed E-state index contributed by atoms with van der Waals surface area (Å²) >= 11 is 0. The molecule has 5 saturated heterocycles. The van der Waals surface area contributed by atoms with Crippen molar-refractivity contribution in [3.8, 4) is 0 Å². The highest BCUT2D eigenvalue weighted by atomic mass is 19.1. The van der Waals surface area contributed by atoms with E-state index in [1.54, 1.807) is 12.4 Å². The van der Waals surface area contributed by atoms with Gasteiger partial charge in [0.25, 0.3) is 0 Å². The van der Waals surface area contributed by atoms with Crippen LogP contribution < -0.4 is 31.9 Å². The first-order valence-corrected chi connectivity index (χ1v) is 22.2. The second-order valence-corrected chi connectivity index (χ2v) is 17.9. The monoisotopic (exact) mass is 841 g/mol. The van der Waals surface area contributed by atoms with Gasteiger partial charge in [0.1, 0.15) is 0 Å². The van der Waals surface area contributed by atoms with Gasteiger partial charge in [0.05, 0.1) is 77.4 Å². The fourth-order valence-electron chi connectivity index (χ4n) is 9.88. The third kappa shape index (κ3) is 11.2. The number of nitrogens with zero attached hydrogens (tertiary/aromatic N) is 11. The van der Waals surface area contributed by atoms with Gasteiger partial charge in [-0.25, -0.2) is 9.37 Å². The number of hydrogen-bond acceptors (Lipinski definition) is 14. The summed E-state index contributed by atoms with van der Waals surface area (Å²) in [7, 11) is 4.37. The van der Waals surface area contributed by atoms with Gasteiger partial charge in [0.2, 0.25) is 0 Å². The molecule has 0 amide bonds. The number of halogens is 1. The molecular weight excluding hydrogens is 772 g/mol. The lowest BCUT2D eigenvalue weighted by molar-refractivity contribution is -0.115. The number of likely N-dealkylation sites (N-methyl/N-ethyl adjacent to an activating group) is 2. The van der Waals surface area contributed by atoms with E-state index in [-0.39, 0.29) is 11.4 Å². The van der Waals surface area contributed by atoms with Crippen molar-refractivity contribution in [1.82, 2.24) is 39.2 Å². The van der Waals surface area contributed by atoms with Crippen LogP contribution in [0.4, 0.5) is 38.5 Å². The van der Waals surface area contributed by atoms with Gasteiger partial charge in [-0.1, -0.05) is 0 Å². The summed E-state index contributed by atoms with van der Waals surface area (Å²) in [5.41, 5.74) is 25.3. The number of anilines is 6. The van der Waals surface area contributed by atoms with E-state index in [0.29, 0.717) is 23.3 Å². The lowest BCUT2D eigenvalue weighted by atomic mass is 9.89. The minimum atomic E-state index is -0.308. The third-order valence-electron chi connectivity index (χ3n) is 13.4. The van der Waals surface area contributed by atoms with E-state index < -0.39 is 0 Å². The van der Waals surface area contributed by atoms with E-state index in [0.717, 1.165) is 144 Å². The summed E-state index contributed by atoms with van der Waals surface area (Å²) in [4.78, 5) is 30.4. The second kappa shape index (κ2) is 20.4. The van der Waals surface area contributed by atoms with Gasteiger partial charge in [-0.2, -0.15) is 0 Å². The average molecular weight is 841 g/mol. The van der Waals surface area contributed by atoms with Gasteiger partial charge in [-0.05, 0) is 83.5 Å². The first kappa shape index (κ1) is 44.3. The molecule has 16 heteroatoms. The largest absolute Gasteiger partial charge is 0.396 e. The number of piperidine rings is 3. The van der Waals surface area contributed by atoms with Gasteiger partial charge in [0.15, 0.2) is 5.82 Å². The highest BCUT2D eigenvalue weighted by molar-refractivity contribution is 5.71. The molecule has 61 heavy (non-hydrogen) atoms. The van der Waals surface area contributed by atoms with Crippen LogP contribution in [0.15, 0.2) is 55.9 Å². The van der Waals surface area contributed by atoms with Gasteiger partial charge >= 0.3 is 0 Å². The summed E-state index contributed by atoms with van der Waals surface area (Å²) in [5, 5.41) is 0. The van der Waals surface area contributed by atoms with Crippen LogP contribution in [0.25, 0.3) is 0 Å². The summed E-state index contributed by atoms with van der Waals surface area (Å²) in [5.74, 6) is 0.406. The van der Waals surface area contributed by atoms with Crippen molar-refractivity contribution in [2.24, 2.45) is 5.92 Å². The lowest BCUT2D eigenvalue weighted by Crippen LogP contribution is -2.56. The number of hydrogen-bond donors (Lipinski definition) is 3. The highest BCUT2D eigenvalue weighted by Crippen LogP contribution is 2.36. The van der Waals surface area contributed by atoms with Crippen molar-refractivity contribution in [1.29, 1.82) is 0 Å². The topological polar surface area (TPSA) is 163 Å². The Morgan fingerprint density at radius 2 is 1.18 bits per heavy atom. The number of piperazine rings is 1. The Bertz CT molecular complexity index is 1910. The normalized spacial score (nSPS) is 20.8. The first-order chi connectivity index (χ1) is 29.5. The Morgan fingerprint density at radius 1 is 0.639 bits per heavy atom. The second-order valence-electron chi connectivity index (χ2n) is 17.9. The molecule has 4 aromatic rings. The van der Waals surface area contributed by atoms with Crippen molar-refractivity contribution in [3.05, 3.63) is 72.8 Å². The average Bonchev–Trinajstić information content (AvgIpc) is 3.79. The number of ether oxygens (including phenoxy) is 1. The number of pyridine rings is 3. The SMILES string of the molecule is CN1CCN(CC2CCN(c3c(N)cncc3F)CC2)CC1.Cc1cncc(N)c1N1CCC(n2ccnc2)CC1.Cc1cncc(N)c1N1CCC2(CC1)CN(C)CCO2. The molecule has 0 unspecified atom stereocenters. The van der Waals surface area contributed by atoms with Crippen LogP contribution in [-0.2, 0) is 4.74 Å². The Balaban J connectivity index is 0.000000138. The molecule has 0 atom stereocenters. The molecule has 1 spiro atoms. The molecule has 0 radical (unpaired) electrons. The Kier molecular flexibility index (Phi) is 14.8. The zero-order chi connectivity index (χ0) is 42.9. The van der Waals surface area contributed by atoms with E-state index in [9.17, 15) is 4.39 Å². The molecule has 5 aliphatic rings. The summed E-state index contributed by atoms with van der Waals surface area (Å²) in [6.07, 6.45) is 22.4. The molecule has 0 bridgehead atoms. The molecule has 9 rings (SSSR count). The number of nitrogen functional groups attached to an aromatic ring is 3. The maximum absolute atomic E-state index is 13.9. The molecule has 5 fully saturated rings. The van der Waals surface area contributed by atoms with Crippen LogP contribution >= 0.6 is 0 Å². The maximum Gasteiger partial charge on any atom is 0.166 e. The summed E-state index contributed by atoms with van der Waals surface area (Å²) in [6, 6.07) is 0.558. The number of aryl methyl sites for hydroxylation is 2. The minimum absolute atomic E-state index is 0.0548. The molecule has 0 aromatic carbocycles. The quantitative estimate of drug-likeness (QED) is 0.248. The van der Waals surface area contributed by atoms with Crippen molar-refractivity contribution in [2.75, 3.05) is 138 Å². The standard InChI is InChI=1S/C16H26FN5.C15H24N4O.C14H19N5/c1-20-6-8-21(9-7-20)12-13-2-4-22(5-3-13)16-14(17)10-19-11-15(16)18;1-12-9-17-10-13(16)14(12)19-5-3-15(4-6-19)11-18(2)7-8-20-15;1-11-8-17-9-13(15)14(11)18-5-2-12(3-6-18)19-7-4-16-10-19/h10-11,13H,2-9,12,18H2,1H3;9-10H,3-8,11,16H2,1-2H3;4,7-10,12H,2-3,5-6,15H2,1H3. The van der Waals surface area contributed by atoms with E-state index in [1.807, 2.05) is 31.1 Å². The maximum atomic E-state index is 13.9. The van der Waals surface area contributed by atoms with Crippen molar-refractivity contribution in [3.63, 3.8) is 0 Å².